The summed E-state index contributed by atoms with van der Waals surface area (Å²) in [7, 11) is 0. The van der Waals surface area contributed by atoms with Crippen LogP contribution in [-0.2, 0) is 11.3 Å². The molecule has 1 N–H and O–H groups in total. The maximum atomic E-state index is 13.4. The Hall–Kier alpha value is -3.47. The zero-order valence-electron chi connectivity index (χ0n) is 18.7. The second-order valence-electron chi connectivity index (χ2n) is 8.56. The molecule has 1 fully saturated rings. The Balaban J connectivity index is 1.44. The van der Waals surface area contributed by atoms with Gasteiger partial charge in [-0.05, 0) is 44.4 Å². The standard InChI is InChI=1S/C27H29N3O2/c1-19-7-11-21(12-8-19)17-29-26(31)23-5-4-16-30(18-23)27(32)24-6-3-15-28-25(24)22-13-9-20(2)10-14-22/h3,6-15,23H,4-5,16-18H2,1-2H3,(H,29,31)/t23-/m1/s1. The minimum Gasteiger partial charge on any atom is -0.352 e. The van der Waals surface area contributed by atoms with Crippen LogP contribution in [0.3, 0.4) is 0 Å². The molecule has 0 bridgehead atoms. The molecule has 3 aromatic rings. The number of benzene rings is 2. The second kappa shape index (κ2) is 9.77. The van der Waals surface area contributed by atoms with Crippen molar-refractivity contribution < 1.29 is 9.59 Å². The minimum atomic E-state index is -0.197. The Morgan fingerprint density at radius 2 is 1.69 bits per heavy atom. The normalized spacial score (nSPS) is 15.9. The second-order valence-corrected chi connectivity index (χ2v) is 8.56. The summed E-state index contributed by atoms with van der Waals surface area (Å²) in [5, 5.41) is 3.04. The van der Waals surface area contributed by atoms with E-state index < -0.39 is 0 Å². The molecule has 0 radical (unpaired) electrons. The Morgan fingerprint density at radius 3 is 2.41 bits per heavy atom. The predicted molar refractivity (Wildman–Crippen MR) is 126 cm³/mol. The van der Waals surface area contributed by atoms with E-state index in [9.17, 15) is 9.59 Å². The fourth-order valence-electron chi connectivity index (χ4n) is 4.10. The number of piperidine rings is 1. The molecule has 5 heteroatoms. The van der Waals surface area contributed by atoms with Crippen molar-refractivity contribution in [2.75, 3.05) is 13.1 Å². The van der Waals surface area contributed by atoms with Crippen LogP contribution in [-0.4, -0.2) is 34.8 Å². The molecule has 1 saturated heterocycles. The van der Waals surface area contributed by atoms with Gasteiger partial charge in [0.25, 0.3) is 5.91 Å². The highest BCUT2D eigenvalue weighted by molar-refractivity contribution is 6.00. The maximum Gasteiger partial charge on any atom is 0.256 e. The van der Waals surface area contributed by atoms with E-state index in [1.807, 2.05) is 68.4 Å². The maximum absolute atomic E-state index is 13.4. The summed E-state index contributed by atoms with van der Waals surface area (Å²) >= 11 is 0. The molecule has 1 aromatic heterocycles. The quantitative estimate of drug-likeness (QED) is 0.651. The largest absolute Gasteiger partial charge is 0.352 e. The molecule has 1 atom stereocenters. The van der Waals surface area contributed by atoms with Gasteiger partial charge in [-0.25, -0.2) is 0 Å². The van der Waals surface area contributed by atoms with Crippen LogP contribution in [0.25, 0.3) is 11.3 Å². The van der Waals surface area contributed by atoms with E-state index in [1.165, 1.54) is 5.56 Å². The molecule has 32 heavy (non-hydrogen) atoms. The van der Waals surface area contributed by atoms with Gasteiger partial charge in [-0.2, -0.15) is 0 Å². The smallest absolute Gasteiger partial charge is 0.256 e. The SMILES string of the molecule is Cc1ccc(CNC(=O)[C@@H]2CCCN(C(=O)c3cccnc3-c3ccc(C)cc3)C2)cc1. The molecule has 5 nitrogen and oxygen atoms in total. The molecule has 2 aromatic carbocycles. The van der Waals surface area contributed by atoms with Gasteiger partial charge >= 0.3 is 0 Å². The average molecular weight is 428 g/mol. The van der Waals surface area contributed by atoms with Crippen molar-refractivity contribution in [3.05, 3.63) is 89.1 Å². The first kappa shape index (κ1) is 21.8. The first-order valence-corrected chi connectivity index (χ1v) is 11.2. The summed E-state index contributed by atoms with van der Waals surface area (Å²) in [5.41, 5.74) is 5.62. The van der Waals surface area contributed by atoms with Crippen LogP contribution in [0.1, 0.15) is 39.9 Å². The Morgan fingerprint density at radius 1 is 1.00 bits per heavy atom. The van der Waals surface area contributed by atoms with E-state index in [0.29, 0.717) is 30.9 Å². The third-order valence-electron chi connectivity index (χ3n) is 6.03. The molecular weight excluding hydrogens is 398 g/mol. The van der Waals surface area contributed by atoms with Gasteiger partial charge in [-0.1, -0.05) is 59.7 Å². The molecule has 1 aliphatic rings. The number of pyridine rings is 1. The molecule has 2 amide bonds. The number of likely N-dealkylation sites (tertiary alicyclic amines) is 1. The summed E-state index contributed by atoms with van der Waals surface area (Å²) in [6.45, 7) is 5.67. The summed E-state index contributed by atoms with van der Waals surface area (Å²) < 4.78 is 0. The minimum absolute atomic E-state index is 0.00743. The predicted octanol–water partition coefficient (Wildman–Crippen LogP) is 4.53. The topological polar surface area (TPSA) is 62.3 Å². The number of hydrogen-bond acceptors (Lipinski definition) is 3. The van der Waals surface area contributed by atoms with Gasteiger partial charge in [0.15, 0.2) is 0 Å². The van der Waals surface area contributed by atoms with E-state index >= 15 is 0 Å². The number of carbonyl (C=O) groups excluding carboxylic acids is 2. The van der Waals surface area contributed by atoms with Gasteiger partial charge in [-0.15, -0.1) is 0 Å². The average Bonchev–Trinajstić information content (AvgIpc) is 2.83. The van der Waals surface area contributed by atoms with Crippen molar-refractivity contribution in [1.29, 1.82) is 0 Å². The van der Waals surface area contributed by atoms with Crippen LogP contribution in [0, 0.1) is 19.8 Å². The van der Waals surface area contributed by atoms with Crippen molar-refractivity contribution in [1.82, 2.24) is 15.2 Å². The van der Waals surface area contributed by atoms with Gasteiger partial charge < -0.3 is 10.2 Å². The third-order valence-corrected chi connectivity index (χ3v) is 6.03. The molecule has 4 rings (SSSR count). The Kier molecular flexibility index (Phi) is 6.64. The van der Waals surface area contributed by atoms with E-state index in [-0.39, 0.29) is 17.7 Å². The third kappa shape index (κ3) is 5.05. The number of carbonyl (C=O) groups is 2. The highest BCUT2D eigenvalue weighted by Crippen LogP contribution is 2.25. The lowest BCUT2D eigenvalue weighted by molar-refractivity contribution is -0.126. The van der Waals surface area contributed by atoms with E-state index in [1.54, 1.807) is 17.2 Å². The fraction of sp³-hybridized carbons (Fsp3) is 0.296. The lowest BCUT2D eigenvalue weighted by Gasteiger charge is -2.32. The first-order valence-electron chi connectivity index (χ1n) is 11.2. The molecular formula is C27H29N3O2. The van der Waals surface area contributed by atoms with Crippen LogP contribution in [0.2, 0.25) is 0 Å². The molecule has 0 aliphatic carbocycles. The summed E-state index contributed by atoms with van der Waals surface area (Å²) in [4.78, 5) is 32.5. The van der Waals surface area contributed by atoms with Crippen LogP contribution < -0.4 is 5.32 Å². The number of aromatic nitrogens is 1. The number of amides is 2. The van der Waals surface area contributed by atoms with Gasteiger partial charge in [-0.3, -0.25) is 14.6 Å². The van der Waals surface area contributed by atoms with Crippen LogP contribution in [0.15, 0.2) is 66.9 Å². The highest BCUT2D eigenvalue weighted by atomic mass is 16.2. The van der Waals surface area contributed by atoms with Crippen molar-refractivity contribution in [3.63, 3.8) is 0 Å². The zero-order valence-corrected chi connectivity index (χ0v) is 18.7. The van der Waals surface area contributed by atoms with Crippen LogP contribution >= 0.6 is 0 Å². The molecule has 1 aliphatic heterocycles. The number of hydrogen-bond donors (Lipinski definition) is 1. The van der Waals surface area contributed by atoms with Crippen LogP contribution in [0.5, 0.6) is 0 Å². The monoisotopic (exact) mass is 427 g/mol. The van der Waals surface area contributed by atoms with Crippen LogP contribution in [0.4, 0.5) is 0 Å². The summed E-state index contributed by atoms with van der Waals surface area (Å²) in [5.74, 6) is -0.254. The highest BCUT2D eigenvalue weighted by Gasteiger charge is 2.30. The van der Waals surface area contributed by atoms with E-state index in [2.05, 4.69) is 10.3 Å². The van der Waals surface area contributed by atoms with Crippen molar-refractivity contribution in [2.24, 2.45) is 5.92 Å². The van der Waals surface area contributed by atoms with Gasteiger partial charge in [0, 0.05) is 31.4 Å². The molecule has 0 saturated carbocycles. The lowest BCUT2D eigenvalue weighted by Crippen LogP contribution is -2.45. The molecule has 0 spiro atoms. The van der Waals surface area contributed by atoms with E-state index in [0.717, 1.165) is 29.5 Å². The number of aryl methyl sites for hydroxylation is 2. The van der Waals surface area contributed by atoms with Gasteiger partial charge in [0.05, 0.1) is 17.2 Å². The summed E-state index contributed by atoms with van der Waals surface area (Å²) in [6, 6.07) is 19.8. The van der Waals surface area contributed by atoms with E-state index in [4.69, 9.17) is 0 Å². The molecule has 164 valence electrons. The zero-order chi connectivity index (χ0) is 22.5. The Bertz CT molecular complexity index is 1090. The number of nitrogens with zero attached hydrogens (tertiary/aromatic N) is 2. The first-order chi connectivity index (χ1) is 15.5. The fourth-order valence-corrected chi connectivity index (χ4v) is 4.10. The molecule has 2 heterocycles. The number of rotatable bonds is 5. The number of nitrogens with one attached hydrogen (secondary N) is 1. The van der Waals surface area contributed by atoms with Crippen molar-refractivity contribution >= 4 is 11.8 Å². The Labute approximate surface area is 189 Å². The molecule has 0 unspecified atom stereocenters. The lowest BCUT2D eigenvalue weighted by atomic mass is 9.95. The van der Waals surface area contributed by atoms with Crippen molar-refractivity contribution in [2.45, 2.75) is 33.2 Å². The van der Waals surface area contributed by atoms with Gasteiger partial charge in [0.2, 0.25) is 5.91 Å². The van der Waals surface area contributed by atoms with Gasteiger partial charge in [0.1, 0.15) is 0 Å². The summed E-state index contributed by atoms with van der Waals surface area (Å²) in [6.07, 6.45) is 3.32. The van der Waals surface area contributed by atoms with Crippen molar-refractivity contribution in [3.8, 4) is 11.3 Å².